The van der Waals surface area contributed by atoms with Crippen molar-refractivity contribution < 1.29 is 9.90 Å². The van der Waals surface area contributed by atoms with E-state index < -0.39 is 0 Å². The van der Waals surface area contributed by atoms with Crippen LogP contribution in [0.3, 0.4) is 0 Å². The summed E-state index contributed by atoms with van der Waals surface area (Å²) in [5.41, 5.74) is 1.31. The van der Waals surface area contributed by atoms with Crippen molar-refractivity contribution in [1.82, 2.24) is 0 Å². The fourth-order valence-corrected chi connectivity index (χ4v) is 3.91. The Morgan fingerprint density at radius 1 is 1.15 bits per heavy atom. The number of anilines is 1. The molecule has 2 aromatic rings. The largest absolute Gasteiger partial charge is 0.506 e. The zero-order chi connectivity index (χ0) is 18.8. The lowest BCUT2D eigenvalue weighted by molar-refractivity contribution is -0.113. The van der Waals surface area contributed by atoms with Gasteiger partial charge in [-0.1, -0.05) is 41.4 Å². The zero-order valence-electron chi connectivity index (χ0n) is 14.1. The minimum atomic E-state index is -0.202. The van der Waals surface area contributed by atoms with Crippen molar-refractivity contribution in [3.05, 3.63) is 63.0 Å². The Morgan fingerprint density at radius 2 is 1.88 bits per heavy atom. The van der Waals surface area contributed by atoms with Gasteiger partial charge in [-0.05, 0) is 61.5 Å². The molecule has 0 aromatic heterocycles. The van der Waals surface area contributed by atoms with E-state index in [1.165, 1.54) is 22.7 Å². The van der Waals surface area contributed by atoms with Gasteiger partial charge in [0, 0.05) is 6.04 Å². The Hall–Kier alpha value is -1.95. The number of halogens is 2. The first-order valence-electron chi connectivity index (χ1n) is 7.91. The molecule has 0 bridgehead atoms. The molecular formula is C19H16Cl2N2O2S. The number of carbonyl (C=O) groups excluding carboxylic acids is 1. The van der Waals surface area contributed by atoms with Crippen molar-refractivity contribution >= 4 is 57.8 Å². The second kappa shape index (κ2) is 7.74. The molecule has 1 aliphatic rings. The Labute approximate surface area is 166 Å². The van der Waals surface area contributed by atoms with Gasteiger partial charge in [-0.2, -0.15) is 0 Å². The van der Waals surface area contributed by atoms with Gasteiger partial charge in [-0.15, -0.1) is 0 Å². The van der Waals surface area contributed by atoms with E-state index >= 15 is 0 Å². The zero-order valence-corrected chi connectivity index (χ0v) is 16.4. The SMILES string of the molecule is CC(C)N=C1S/C(=C\c2ccc(O)c(Cl)c2)C(=O)N1c1ccccc1Cl. The maximum Gasteiger partial charge on any atom is 0.271 e. The van der Waals surface area contributed by atoms with E-state index in [0.29, 0.717) is 26.3 Å². The van der Waals surface area contributed by atoms with Crippen LogP contribution in [0.25, 0.3) is 6.08 Å². The Kier molecular flexibility index (Phi) is 5.61. The topological polar surface area (TPSA) is 52.9 Å². The molecule has 7 heteroatoms. The summed E-state index contributed by atoms with van der Waals surface area (Å²) in [6.07, 6.45) is 1.73. The summed E-state index contributed by atoms with van der Waals surface area (Å²) in [5, 5.41) is 10.8. The van der Waals surface area contributed by atoms with Gasteiger partial charge >= 0.3 is 0 Å². The standard InChI is InChI=1S/C19H16Cl2N2O2S/c1-11(2)22-19-23(15-6-4-3-5-13(15)20)18(25)17(26-19)10-12-7-8-16(24)14(21)9-12/h3-11,24H,1-2H3/b17-10-,22-19?. The van der Waals surface area contributed by atoms with Crippen molar-refractivity contribution in [2.45, 2.75) is 19.9 Å². The normalized spacial score (nSPS) is 17.7. The van der Waals surface area contributed by atoms with E-state index in [1.54, 1.807) is 30.3 Å². The van der Waals surface area contributed by atoms with Crippen LogP contribution in [0.15, 0.2) is 52.4 Å². The third-order valence-corrected chi connectivity index (χ3v) is 5.14. The molecule has 1 heterocycles. The number of aromatic hydroxyl groups is 1. The molecule has 0 radical (unpaired) electrons. The summed E-state index contributed by atoms with van der Waals surface area (Å²) in [4.78, 5) is 19.6. The van der Waals surface area contributed by atoms with Crippen LogP contribution in [0, 0.1) is 0 Å². The molecule has 1 saturated heterocycles. The number of nitrogens with zero attached hydrogens (tertiary/aromatic N) is 2. The summed E-state index contributed by atoms with van der Waals surface area (Å²) < 4.78 is 0. The first-order chi connectivity index (χ1) is 12.4. The molecular weight excluding hydrogens is 391 g/mol. The fraction of sp³-hybridized carbons (Fsp3) is 0.158. The van der Waals surface area contributed by atoms with Crippen LogP contribution in [0.1, 0.15) is 19.4 Å². The molecule has 26 heavy (non-hydrogen) atoms. The van der Waals surface area contributed by atoms with E-state index in [2.05, 4.69) is 4.99 Å². The van der Waals surface area contributed by atoms with E-state index in [4.69, 9.17) is 23.2 Å². The third-order valence-electron chi connectivity index (χ3n) is 3.54. The molecule has 134 valence electrons. The van der Waals surface area contributed by atoms with Gasteiger partial charge in [-0.25, -0.2) is 0 Å². The highest BCUT2D eigenvalue weighted by atomic mass is 35.5. The highest BCUT2D eigenvalue weighted by molar-refractivity contribution is 8.19. The number of hydrogen-bond donors (Lipinski definition) is 1. The molecule has 0 spiro atoms. The predicted octanol–water partition coefficient (Wildman–Crippen LogP) is 5.58. The fourth-order valence-electron chi connectivity index (χ4n) is 2.39. The van der Waals surface area contributed by atoms with Crippen LogP contribution in [0.5, 0.6) is 5.75 Å². The molecule has 4 nitrogen and oxygen atoms in total. The second-order valence-electron chi connectivity index (χ2n) is 5.92. The molecule has 0 aliphatic carbocycles. The first-order valence-corrected chi connectivity index (χ1v) is 9.49. The molecule has 0 saturated carbocycles. The number of thioether (sulfide) groups is 1. The second-order valence-corrected chi connectivity index (χ2v) is 7.74. The average Bonchev–Trinajstić information content (AvgIpc) is 2.86. The number of para-hydroxylation sites is 1. The first kappa shape index (κ1) is 18.8. The molecule has 0 atom stereocenters. The number of phenolic OH excluding ortho intramolecular Hbond substituents is 1. The van der Waals surface area contributed by atoms with Crippen LogP contribution in [0.2, 0.25) is 10.0 Å². The summed E-state index contributed by atoms with van der Waals surface area (Å²) >= 11 is 13.5. The average molecular weight is 407 g/mol. The van der Waals surface area contributed by atoms with Crippen molar-refractivity contribution in [1.29, 1.82) is 0 Å². The monoisotopic (exact) mass is 406 g/mol. The van der Waals surface area contributed by atoms with Gasteiger partial charge in [0.2, 0.25) is 0 Å². The quantitative estimate of drug-likeness (QED) is 0.676. The minimum Gasteiger partial charge on any atom is -0.506 e. The molecule has 1 N–H and O–H groups in total. The van der Waals surface area contributed by atoms with Crippen LogP contribution >= 0.6 is 35.0 Å². The van der Waals surface area contributed by atoms with E-state index in [0.717, 1.165) is 0 Å². The van der Waals surface area contributed by atoms with Gasteiger partial charge in [0.05, 0.1) is 20.6 Å². The number of phenols is 1. The molecule has 1 aliphatic heterocycles. The summed E-state index contributed by atoms with van der Waals surface area (Å²) in [5.74, 6) is -0.203. The van der Waals surface area contributed by atoms with Crippen molar-refractivity contribution in [3.8, 4) is 5.75 Å². The van der Waals surface area contributed by atoms with Crippen LogP contribution in [-0.4, -0.2) is 22.2 Å². The van der Waals surface area contributed by atoms with Crippen LogP contribution in [0.4, 0.5) is 5.69 Å². The van der Waals surface area contributed by atoms with Gasteiger partial charge in [0.15, 0.2) is 5.17 Å². The van der Waals surface area contributed by atoms with Crippen LogP contribution < -0.4 is 4.90 Å². The number of carbonyl (C=O) groups is 1. The Morgan fingerprint density at radius 3 is 2.54 bits per heavy atom. The van der Waals surface area contributed by atoms with Gasteiger partial charge in [-0.3, -0.25) is 14.7 Å². The smallest absolute Gasteiger partial charge is 0.271 e. The third kappa shape index (κ3) is 3.90. The molecule has 3 rings (SSSR count). The highest BCUT2D eigenvalue weighted by Gasteiger charge is 2.35. The minimum absolute atomic E-state index is 0.000952. The number of hydrogen-bond acceptors (Lipinski definition) is 4. The van der Waals surface area contributed by atoms with E-state index in [-0.39, 0.29) is 22.7 Å². The van der Waals surface area contributed by atoms with Crippen molar-refractivity contribution in [3.63, 3.8) is 0 Å². The predicted molar refractivity (Wildman–Crippen MR) is 110 cm³/mol. The number of benzene rings is 2. The number of aliphatic imine (C=N–C) groups is 1. The van der Waals surface area contributed by atoms with Gasteiger partial charge in [0.25, 0.3) is 5.91 Å². The van der Waals surface area contributed by atoms with E-state index in [9.17, 15) is 9.90 Å². The maximum absolute atomic E-state index is 13.0. The van der Waals surface area contributed by atoms with Gasteiger partial charge in [0.1, 0.15) is 5.75 Å². The Bertz CT molecular complexity index is 926. The summed E-state index contributed by atoms with van der Waals surface area (Å²) in [6.45, 7) is 3.90. The summed E-state index contributed by atoms with van der Waals surface area (Å²) in [6, 6.07) is 12.0. The van der Waals surface area contributed by atoms with Crippen molar-refractivity contribution in [2.24, 2.45) is 4.99 Å². The Balaban J connectivity index is 2.05. The van der Waals surface area contributed by atoms with Crippen molar-refractivity contribution in [2.75, 3.05) is 4.90 Å². The van der Waals surface area contributed by atoms with Crippen LogP contribution in [-0.2, 0) is 4.79 Å². The number of rotatable bonds is 3. The lowest BCUT2D eigenvalue weighted by atomic mass is 10.2. The maximum atomic E-state index is 13.0. The molecule has 1 amide bonds. The van der Waals surface area contributed by atoms with Gasteiger partial charge < -0.3 is 5.11 Å². The molecule has 2 aromatic carbocycles. The molecule has 0 unspecified atom stereocenters. The number of amidine groups is 1. The summed E-state index contributed by atoms with van der Waals surface area (Å²) in [7, 11) is 0. The van der Waals surface area contributed by atoms with E-state index in [1.807, 2.05) is 26.0 Å². The number of amides is 1. The lowest BCUT2D eigenvalue weighted by Gasteiger charge is -2.17. The highest BCUT2D eigenvalue weighted by Crippen LogP contribution is 2.39. The molecule has 1 fully saturated rings. The lowest BCUT2D eigenvalue weighted by Crippen LogP contribution is -2.29.